The maximum Gasteiger partial charge on any atom is 0.00930 e. The Balaban J connectivity index is 2.48. The van der Waals surface area contributed by atoms with Crippen LogP contribution in [0.15, 0.2) is 0 Å². The van der Waals surface area contributed by atoms with Gasteiger partial charge in [-0.1, -0.05) is 20.3 Å². The average molecular weight is 141 g/mol. The normalized spacial score (nSPS) is 40.5. The van der Waals surface area contributed by atoms with E-state index in [1.54, 1.807) is 0 Å². The summed E-state index contributed by atoms with van der Waals surface area (Å²) in [5.41, 5.74) is 0.592. The van der Waals surface area contributed by atoms with Crippen LogP contribution >= 0.6 is 0 Å². The summed E-state index contributed by atoms with van der Waals surface area (Å²) in [4.78, 5) is 0. The van der Waals surface area contributed by atoms with Gasteiger partial charge in [0.1, 0.15) is 0 Å². The molecule has 2 atom stereocenters. The highest BCUT2D eigenvalue weighted by Crippen LogP contribution is 2.34. The van der Waals surface area contributed by atoms with Crippen LogP contribution in [0.4, 0.5) is 0 Å². The first-order valence-electron chi connectivity index (χ1n) is 4.42. The van der Waals surface area contributed by atoms with E-state index >= 15 is 0 Å². The van der Waals surface area contributed by atoms with E-state index in [0.29, 0.717) is 5.41 Å². The van der Waals surface area contributed by atoms with Gasteiger partial charge in [0.15, 0.2) is 0 Å². The van der Waals surface area contributed by atoms with Crippen molar-refractivity contribution in [3.05, 3.63) is 0 Å². The molecule has 1 rings (SSSR count). The number of hydrogen-bond acceptors (Lipinski definition) is 1. The van der Waals surface area contributed by atoms with Gasteiger partial charge >= 0.3 is 0 Å². The fraction of sp³-hybridized carbons (Fsp3) is 1.00. The van der Waals surface area contributed by atoms with Crippen LogP contribution in [0.3, 0.4) is 0 Å². The highest BCUT2D eigenvalue weighted by molar-refractivity contribution is 4.90. The number of hydrogen-bond donors (Lipinski definition) is 1. The van der Waals surface area contributed by atoms with Crippen LogP contribution in [0.2, 0.25) is 0 Å². The summed E-state index contributed by atoms with van der Waals surface area (Å²) in [5.74, 6) is 0. The Morgan fingerprint density at radius 2 is 2.30 bits per heavy atom. The van der Waals surface area contributed by atoms with Crippen molar-refractivity contribution in [2.24, 2.45) is 5.41 Å². The fourth-order valence-corrected chi connectivity index (χ4v) is 1.95. The molecule has 1 nitrogen and oxygen atoms in total. The van der Waals surface area contributed by atoms with Gasteiger partial charge in [0.05, 0.1) is 0 Å². The number of rotatable bonds is 2. The standard InChI is InChI=1S/C9H19N/c1-4-5-9(3)6-7-10-8(9)2/h8,10H,4-7H2,1-3H3. The fourth-order valence-electron chi connectivity index (χ4n) is 1.95. The number of nitrogens with one attached hydrogen (secondary N) is 1. The van der Waals surface area contributed by atoms with Gasteiger partial charge < -0.3 is 5.32 Å². The predicted octanol–water partition coefficient (Wildman–Crippen LogP) is 2.17. The Morgan fingerprint density at radius 1 is 1.60 bits per heavy atom. The van der Waals surface area contributed by atoms with Crippen molar-refractivity contribution in [2.45, 2.75) is 46.1 Å². The molecule has 0 aromatic carbocycles. The highest BCUT2D eigenvalue weighted by Gasteiger charge is 2.34. The van der Waals surface area contributed by atoms with Gasteiger partial charge in [-0.05, 0) is 31.7 Å². The van der Waals surface area contributed by atoms with Gasteiger partial charge in [-0.3, -0.25) is 0 Å². The Hall–Kier alpha value is -0.0400. The zero-order valence-electron chi connectivity index (χ0n) is 7.41. The second kappa shape index (κ2) is 2.91. The summed E-state index contributed by atoms with van der Waals surface area (Å²) < 4.78 is 0. The molecule has 0 aliphatic carbocycles. The molecular formula is C9H19N. The first kappa shape index (κ1) is 8.06. The van der Waals surface area contributed by atoms with Gasteiger partial charge in [0.25, 0.3) is 0 Å². The van der Waals surface area contributed by atoms with Crippen LogP contribution in [0, 0.1) is 5.41 Å². The molecule has 1 aliphatic heterocycles. The summed E-state index contributed by atoms with van der Waals surface area (Å²) in [6.45, 7) is 8.21. The lowest BCUT2D eigenvalue weighted by Crippen LogP contribution is -2.31. The van der Waals surface area contributed by atoms with Crippen molar-refractivity contribution in [1.29, 1.82) is 0 Å². The van der Waals surface area contributed by atoms with Gasteiger partial charge in [-0.2, -0.15) is 0 Å². The van der Waals surface area contributed by atoms with Gasteiger partial charge in [0, 0.05) is 6.04 Å². The van der Waals surface area contributed by atoms with E-state index in [0.717, 1.165) is 6.04 Å². The van der Waals surface area contributed by atoms with E-state index < -0.39 is 0 Å². The molecule has 0 bridgehead atoms. The van der Waals surface area contributed by atoms with Crippen LogP contribution < -0.4 is 5.32 Å². The maximum absolute atomic E-state index is 3.49. The molecule has 1 heterocycles. The van der Waals surface area contributed by atoms with Crippen molar-refractivity contribution in [2.75, 3.05) is 6.54 Å². The summed E-state index contributed by atoms with van der Waals surface area (Å²) in [7, 11) is 0. The molecule has 0 spiro atoms. The second-order valence-corrected chi connectivity index (χ2v) is 3.83. The zero-order chi connectivity index (χ0) is 7.61. The lowest BCUT2D eigenvalue weighted by atomic mass is 9.79. The van der Waals surface area contributed by atoms with Crippen LogP contribution in [0.25, 0.3) is 0 Å². The third kappa shape index (κ3) is 1.34. The molecule has 0 aromatic heterocycles. The van der Waals surface area contributed by atoms with Gasteiger partial charge in [-0.25, -0.2) is 0 Å². The molecule has 0 amide bonds. The van der Waals surface area contributed by atoms with Crippen LogP contribution in [-0.2, 0) is 0 Å². The first-order valence-corrected chi connectivity index (χ1v) is 4.42. The van der Waals surface area contributed by atoms with E-state index in [2.05, 4.69) is 26.1 Å². The van der Waals surface area contributed by atoms with E-state index in [1.807, 2.05) is 0 Å². The summed E-state index contributed by atoms with van der Waals surface area (Å²) in [6.07, 6.45) is 4.06. The smallest absolute Gasteiger partial charge is 0.00930 e. The van der Waals surface area contributed by atoms with Crippen molar-refractivity contribution in [1.82, 2.24) is 5.32 Å². The molecule has 60 valence electrons. The largest absolute Gasteiger partial charge is 0.314 e. The predicted molar refractivity (Wildman–Crippen MR) is 45.1 cm³/mol. The first-order chi connectivity index (χ1) is 4.69. The maximum atomic E-state index is 3.49. The van der Waals surface area contributed by atoms with E-state index in [4.69, 9.17) is 0 Å². The quantitative estimate of drug-likeness (QED) is 0.621. The molecular weight excluding hydrogens is 122 g/mol. The minimum Gasteiger partial charge on any atom is -0.314 e. The molecule has 0 aromatic rings. The van der Waals surface area contributed by atoms with Crippen LogP contribution in [0.5, 0.6) is 0 Å². The summed E-state index contributed by atoms with van der Waals surface area (Å²) in [5, 5.41) is 3.49. The van der Waals surface area contributed by atoms with Crippen molar-refractivity contribution >= 4 is 0 Å². The van der Waals surface area contributed by atoms with Gasteiger partial charge in [-0.15, -0.1) is 0 Å². The Bertz CT molecular complexity index is 111. The SMILES string of the molecule is CCCC1(C)CCNC1C. The minimum atomic E-state index is 0.592. The third-order valence-corrected chi connectivity index (χ3v) is 3.01. The lowest BCUT2D eigenvalue weighted by Gasteiger charge is -2.27. The molecule has 1 heteroatoms. The molecule has 0 radical (unpaired) electrons. The average Bonchev–Trinajstić information content (AvgIpc) is 2.15. The molecule has 1 N–H and O–H groups in total. The molecule has 2 unspecified atom stereocenters. The van der Waals surface area contributed by atoms with Crippen molar-refractivity contribution in [3.63, 3.8) is 0 Å². The summed E-state index contributed by atoms with van der Waals surface area (Å²) >= 11 is 0. The Morgan fingerprint density at radius 3 is 2.70 bits per heavy atom. The molecule has 10 heavy (non-hydrogen) atoms. The van der Waals surface area contributed by atoms with Crippen LogP contribution in [0.1, 0.15) is 40.0 Å². The molecule has 1 saturated heterocycles. The minimum absolute atomic E-state index is 0.592. The zero-order valence-corrected chi connectivity index (χ0v) is 7.41. The third-order valence-electron chi connectivity index (χ3n) is 3.01. The Kier molecular flexibility index (Phi) is 2.35. The molecule has 1 fully saturated rings. The summed E-state index contributed by atoms with van der Waals surface area (Å²) in [6, 6.07) is 0.729. The molecule has 0 saturated carbocycles. The van der Waals surface area contributed by atoms with Crippen molar-refractivity contribution in [3.8, 4) is 0 Å². The van der Waals surface area contributed by atoms with E-state index in [9.17, 15) is 0 Å². The van der Waals surface area contributed by atoms with E-state index in [1.165, 1.54) is 25.8 Å². The topological polar surface area (TPSA) is 12.0 Å². The monoisotopic (exact) mass is 141 g/mol. The van der Waals surface area contributed by atoms with Gasteiger partial charge in [0.2, 0.25) is 0 Å². The molecule has 1 aliphatic rings. The highest BCUT2D eigenvalue weighted by atomic mass is 15.0. The van der Waals surface area contributed by atoms with Crippen molar-refractivity contribution < 1.29 is 0 Å². The van der Waals surface area contributed by atoms with Crippen LogP contribution in [-0.4, -0.2) is 12.6 Å². The van der Waals surface area contributed by atoms with E-state index in [-0.39, 0.29) is 0 Å². The Labute approximate surface area is 64.2 Å². The second-order valence-electron chi connectivity index (χ2n) is 3.83. The lowest BCUT2D eigenvalue weighted by molar-refractivity contribution is 0.268.